The number of carbonyl (C=O) groups is 1. The van der Waals surface area contributed by atoms with E-state index in [1.54, 1.807) is 23.5 Å². The molecule has 1 saturated carbocycles. The third-order valence-electron chi connectivity index (χ3n) is 3.84. The van der Waals surface area contributed by atoms with Crippen LogP contribution in [0.5, 0.6) is 0 Å². The van der Waals surface area contributed by atoms with E-state index in [-0.39, 0.29) is 0 Å². The van der Waals surface area contributed by atoms with Gasteiger partial charge in [0, 0.05) is 17.3 Å². The van der Waals surface area contributed by atoms with E-state index in [2.05, 4.69) is 10.7 Å². The van der Waals surface area contributed by atoms with Gasteiger partial charge in [-0.25, -0.2) is 4.79 Å². The predicted molar refractivity (Wildman–Crippen MR) is 77.9 cm³/mol. The van der Waals surface area contributed by atoms with E-state index >= 15 is 0 Å². The number of hydrogen-bond donors (Lipinski definition) is 2. The van der Waals surface area contributed by atoms with E-state index in [0.29, 0.717) is 11.6 Å². The highest BCUT2D eigenvalue weighted by atomic mass is 32.1. The molecule has 100 valence electrons. The lowest BCUT2D eigenvalue weighted by molar-refractivity contribution is 0.0697. The third-order valence-corrected chi connectivity index (χ3v) is 4.83. The van der Waals surface area contributed by atoms with Gasteiger partial charge in [-0.05, 0) is 41.3 Å². The van der Waals surface area contributed by atoms with Crippen molar-refractivity contribution in [1.82, 2.24) is 5.32 Å². The van der Waals surface area contributed by atoms with Crippen LogP contribution in [-0.2, 0) is 6.54 Å². The van der Waals surface area contributed by atoms with E-state index < -0.39 is 5.97 Å². The van der Waals surface area contributed by atoms with E-state index in [9.17, 15) is 4.79 Å². The number of rotatable bonds is 4. The standard InChI is InChI=1S/C15H17NO2S/c17-15(18)10-5-6-13-11(9-19-14(13)7-10)8-16-12-3-1-2-4-12/h5-7,9,12,16H,1-4,8H2,(H,17,18). The second kappa shape index (κ2) is 5.31. The van der Waals surface area contributed by atoms with Crippen LogP contribution in [0.1, 0.15) is 41.6 Å². The summed E-state index contributed by atoms with van der Waals surface area (Å²) in [4.78, 5) is 10.9. The van der Waals surface area contributed by atoms with E-state index in [4.69, 9.17) is 5.11 Å². The molecule has 0 radical (unpaired) electrons. The molecule has 1 aliphatic carbocycles. The number of carboxylic acid groups (broad SMARTS) is 1. The van der Waals surface area contributed by atoms with Gasteiger partial charge < -0.3 is 10.4 Å². The summed E-state index contributed by atoms with van der Waals surface area (Å²) >= 11 is 1.62. The summed E-state index contributed by atoms with van der Waals surface area (Å²) < 4.78 is 1.06. The third kappa shape index (κ3) is 2.65. The first-order valence-corrected chi connectivity index (χ1v) is 7.59. The molecule has 2 aromatic rings. The van der Waals surface area contributed by atoms with Crippen LogP contribution in [0.25, 0.3) is 10.1 Å². The van der Waals surface area contributed by atoms with Gasteiger partial charge in [0.2, 0.25) is 0 Å². The van der Waals surface area contributed by atoms with Crippen molar-refractivity contribution in [3.63, 3.8) is 0 Å². The Balaban J connectivity index is 1.78. The van der Waals surface area contributed by atoms with Crippen LogP contribution in [0, 0.1) is 0 Å². The summed E-state index contributed by atoms with van der Waals surface area (Å²) in [5.41, 5.74) is 1.65. The smallest absolute Gasteiger partial charge is 0.335 e. The van der Waals surface area contributed by atoms with Crippen molar-refractivity contribution < 1.29 is 9.90 Å². The Morgan fingerprint density at radius 2 is 2.16 bits per heavy atom. The number of hydrogen-bond acceptors (Lipinski definition) is 3. The Bertz CT molecular complexity index is 599. The molecule has 1 fully saturated rings. The second-order valence-electron chi connectivity index (χ2n) is 5.14. The van der Waals surface area contributed by atoms with Crippen LogP contribution in [-0.4, -0.2) is 17.1 Å². The second-order valence-corrected chi connectivity index (χ2v) is 6.05. The van der Waals surface area contributed by atoms with Crippen molar-refractivity contribution in [2.45, 2.75) is 38.3 Å². The molecule has 0 spiro atoms. The average molecular weight is 275 g/mol. The minimum Gasteiger partial charge on any atom is -0.478 e. The molecule has 0 aliphatic heterocycles. The van der Waals surface area contributed by atoms with Crippen molar-refractivity contribution >= 4 is 27.4 Å². The van der Waals surface area contributed by atoms with Gasteiger partial charge in [0.15, 0.2) is 0 Å². The predicted octanol–water partition coefficient (Wildman–Crippen LogP) is 3.63. The lowest BCUT2D eigenvalue weighted by atomic mass is 10.1. The van der Waals surface area contributed by atoms with Gasteiger partial charge in [-0.2, -0.15) is 0 Å². The van der Waals surface area contributed by atoms with Crippen LogP contribution in [0.3, 0.4) is 0 Å². The van der Waals surface area contributed by atoms with Crippen LogP contribution >= 0.6 is 11.3 Å². The maximum absolute atomic E-state index is 10.9. The number of thiophene rings is 1. The fourth-order valence-corrected chi connectivity index (χ4v) is 3.74. The summed E-state index contributed by atoms with van der Waals surface area (Å²) in [5.74, 6) is -0.860. The summed E-state index contributed by atoms with van der Waals surface area (Å²) in [6.07, 6.45) is 5.24. The van der Waals surface area contributed by atoms with Crippen LogP contribution in [0.2, 0.25) is 0 Å². The highest BCUT2D eigenvalue weighted by molar-refractivity contribution is 7.17. The van der Waals surface area contributed by atoms with E-state index in [0.717, 1.165) is 11.2 Å². The molecule has 0 atom stereocenters. The molecule has 0 saturated heterocycles. The molecule has 0 amide bonds. The number of fused-ring (bicyclic) bond motifs is 1. The molecule has 0 unspecified atom stereocenters. The lowest BCUT2D eigenvalue weighted by Crippen LogP contribution is -2.25. The zero-order valence-electron chi connectivity index (χ0n) is 10.7. The van der Waals surface area contributed by atoms with Crippen molar-refractivity contribution in [3.05, 3.63) is 34.7 Å². The summed E-state index contributed by atoms with van der Waals surface area (Å²) in [6.45, 7) is 0.886. The maximum Gasteiger partial charge on any atom is 0.335 e. The van der Waals surface area contributed by atoms with Gasteiger partial charge in [-0.1, -0.05) is 18.9 Å². The van der Waals surface area contributed by atoms with Crippen LogP contribution in [0.15, 0.2) is 23.6 Å². The number of aromatic carboxylic acids is 1. The highest BCUT2D eigenvalue weighted by Crippen LogP contribution is 2.27. The zero-order chi connectivity index (χ0) is 13.2. The fourth-order valence-electron chi connectivity index (χ4n) is 2.74. The minimum atomic E-state index is -0.860. The minimum absolute atomic E-state index is 0.365. The molecule has 1 aromatic carbocycles. The Morgan fingerprint density at radius 3 is 2.89 bits per heavy atom. The van der Waals surface area contributed by atoms with Crippen molar-refractivity contribution in [2.75, 3.05) is 0 Å². The normalized spacial score (nSPS) is 16.2. The first kappa shape index (κ1) is 12.6. The van der Waals surface area contributed by atoms with Gasteiger partial charge in [-0.15, -0.1) is 11.3 Å². The summed E-state index contributed by atoms with van der Waals surface area (Å²) in [5, 5.41) is 15.9. The van der Waals surface area contributed by atoms with Gasteiger partial charge in [-0.3, -0.25) is 0 Å². The summed E-state index contributed by atoms with van der Waals surface area (Å²) in [6, 6.07) is 6.05. The monoisotopic (exact) mass is 275 g/mol. The van der Waals surface area contributed by atoms with E-state index in [1.807, 2.05) is 6.07 Å². The number of carboxylic acids is 1. The SMILES string of the molecule is O=C(O)c1ccc2c(CNC3CCCC3)csc2c1. The first-order chi connectivity index (χ1) is 9.24. The topological polar surface area (TPSA) is 49.3 Å². The molecule has 3 nitrogen and oxygen atoms in total. The van der Waals surface area contributed by atoms with Crippen LogP contribution < -0.4 is 5.32 Å². The molecule has 2 N–H and O–H groups in total. The quantitative estimate of drug-likeness (QED) is 0.895. The molecule has 1 aromatic heterocycles. The fraction of sp³-hybridized carbons (Fsp3) is 0.400. The molecule has 1 heterocycles. The molecule has 3 rings (SSSR count). The molecule has 1 aliphatic rings. The Labute approximate surface area is 116 Å². The van der Waals surface area contributed by atoms with E-state index in [1.165, 1.54) is 36.6 Å². The molecule has 19 heavy (non-hydrogen) atoms. The molecular formula is C15H17NO2S. The largest absolute Gasteiger partial charge is 0.478 e. The number of nitrogens with one attached hydrogen (secondary N) is 1. The van der Waals surface area contributed by atoms with Gasteiger partial charge in [0.05, 0.1) is 5.56 Å². The highest BCUT2D eigenvalue weighted by Gasteiger charge is 2.15. The molecular weight excluding hydrogens is 258 g/mol. The van der Waals surface area contributed by atoms with Crippen molar-refractivity contribution in [3.8, 4) is 0 Å². The lowest BCUT2D eigenvalue weighted by Gasteiger charge is -2.10. The van der Waals surface area contributed by atoms with Crippen LogP contribution in [0.4, 0.5) is 0 Å². The number of benzene rings is 1. The van der Waals surface area contributed by atoms with Crippen molar-refractivity contribution in [2.24, 2.45) is 0 Å². The van der Waals surface area contributed by atoms with Gasteiger partial charge in [0.1, 0.15) is 0 Å². The molecule has 0 bridgehead atoms. The summed E-state index contributed by atoms with van der Waals surface area (Å²) in [7, 11) is 0. The average Bonchev–Trinajstić information content (AvgIpc) is 3.05. The molecule has 4 heteroatoms. The maximum atomic E-state index is 10.9. The van der Waals surface area contributed by atoms with Gasteiger partial charge >= 0.3 is 5.97 Å². The Morgan fingerprint density at radius 1 is 1.37 bits per heavy atom. The zero-order valence-corrected chi connectivity index (χ0v) is 11.5. The van der Waals surface area contributed by atoms with Crippen molar-refractivity contribution in [1.29, 1.82) is 0 Å². The Kier molecular flexibility index (Phi) is 3.53. The Hall–Kier alpha value is -1.39. The van der Waals surface area contributed by atoms with Gasteiger partial charge in [0.25, 0.3) is 0 Å². The first-order valence-electron chi connectivity index (χ1n) is 6.71.